The first-order valence-corrected chi connectivity index (χ1v) is 7.88. The second-order valence-corrected chi connectivity index (χ2v) is 6.30. The van der Waals surface area contributed by atoms with Crippen LogP contribution in [0.25, 0.3) is 10.8 Å². The maximum Gasteiger partial charge on any atom is 0.276 e. The topological polar surface area (TPSA) is 55.6 Å². The smallest absolute Gasteiger partial charge is 0.276 e. The third-order valence-corrected chi connectivity index (χ3v) is 4.46. The van der Waals surface area contributed by atoms with Crippen LogP contribution in [-0.2, 0) is 4.74 Å². The van der Waals surface area contributed by atoms with E-state index in [0.717, 1.165) is 4.88 Å². The fourth-order valence-electron chi connectivity index (χ4n) is 2.42. The largest absolute Gasteiger partial charge is 0.440 e. The molecule has 1 fully saturated rings. The molecule has 0 N–H and O–H groups in total. The van der Waals surface area contributed by atoms with Gasteiger partial charge in [0.05, 0.1) is 23.6 Å². The predicted molar refractivity (Wildman–Crippen MR) is 80.5 cm³/mol. The monoisotopic (exact) mass is 306 g/mol. The van der Waals surface area contributed by atoms with E-state index in [4.69, 9.17) is 9.15 Å². The van der Waals surface area contributed by atoms with Crippen molar-refractivity contribution in [1.29, 1.82) is 0 Å². The molecule has 2 atom stereocenters. The molecule has 1 amide bonds. The number of oxazole rings is 1. The molecule has 0 bridgehead atoms. The normalized spacial score (nSPS) is 22.5. The molecule has 1 aliphatic heterocycles. The molecule has 2 aromatic rings. The highest BCUT2D eigenvalue weighted by atomic mass is 32.1. The molecule has 3 rings (SSSR count). The Morgan fingerprint density at radius 3 is 3.00 bits per heavy atom. The molecular weight excluding hydrogens is 288 g/mol. The first kappa shape index (κ1) is 14.3. The summed E-state index contributed by atoms with van der Waals surface area (Å²) in [6, 6.07) is 3.92. The van der Waals surface area contributed by atoms with Crippen molar-refractivity contribution < 1.29 is 13.9 Å². The van der Waals surface area contributed by atoms with Gasteiger partial charge in [-0.2, -0.15) is 0 Å². The van der Waals surface area contributed by atoms with Gasteiger partial charge in [0, 0.05) is 6.54 Å². The first-order valence-electron chi connectivity index (χ1n) is 7.00. The molecule has 1 aliphatic rings. The lowest BCUT2D eigenvalue weighted by atomic mass is 10.2. The minimum Gasteiger partial charge on any atom is -0.440 e. The number of carbonyl (C=O) groups excluding carboxylic acids is 1. The van der Waals surface area contributed by atoms with Crippen LogP contribution in [0.4, 0.5) is 0 Å². The summed E-state index contributed by atoms with van der Waals surface area (Å²) in [5, 5.41) is 1.96. The molecule has 1 saturated heterocycles. The Hall–Kier alpha value is -1.66. The summed E-state index contributed by atoms with van der Waals surface area (Å²) in [6.07, 6.45) is 0.0501. The van der Waals surface area contributed by atoms with Crippen LogP contribution in [0.5, 0.6) is 0 Å². The van der Waals surface area contributed by atoms with Crippen molar-refractivity contribution >= 4 is 17.2 Å². The number of carbonyl (C=O) groups is 1. The third-order valence-electron chi connectivity index (χ3n) is 3.60. The van der Waals surface area contributed by atoms with Crippen molar-refractivity contribution in [2.75, 3.05) is 13.2 Å². The molecule has 5 nitrogen and oxygen atoms in total. The molecule has 21 heavy (non-hydrogen) atoms. The van der Waals surface area contributed by atoms with Crippen molar-refractivity contribution in [2.45, 2.75) is 32.9 Å². The average Bonchev–Trinajstić information content (AvgIpc) is 3.09. The Morgan fingerprint density at radius 1 is 1.48 bits per heavy atom. The highest BCUT2D eigenvalue weighted by Crippen LogP contribution is 2.27. The van der Waals surface area contributed by atoms with Crippen molar-refractivity contribution in [3.63, 3.8) is 0 Å². The summed E-state index contributed by atoms with van der Waals surface area (Å²) >= 11 is 1.55. The quantitative estimate of drug-likeness (QED) is 0.856. The number of ether oxygens (including phenoxy) is 1. The van der Waals surface area contributed by atoms with E-state index in [1.807, 2.05) is 36.3 Å². The molecule has 2 aromatic heterocycles. The minimum absolute atomic E-state index is 0.0501. The van der Waals surface area contributed by atoms with Crippen LogP contribution in [0.3, 0.4) is 0 Å². The summed E-state index contributed by atoms with van der Waals surface area (Å²) in [7, 11) is 0. The maximum absolute atomic E-state index is 12.7. The molecule has 0 unspecified atom stereocenters. The zero-order valence-electron chi connectivity index (χ0n) is 12.3. The zero-order valence-corrected chi connectivity index (χ0v) is 13.1. The molecular formula is C15H18N2O3S. The molecule has 0 spiro atoms. The van der Waals surface area contributed by atoms with Crippen LogP contribution in [0.1, 0.15) is 30.1 Å². The summed E-state index contributed by atoms with van der Waals surface area (Å²) in [4.78, 5) is 19.9. The number of aryl methyl sites for hydroxylation is 1. The highest BCUT2D eigenvalue weighted by molar-refractivity contribution is 7.13. The van der Waals surface area contributed by atoms with Gasteiger partial charge in [-0.15, -0.1) is 11.3 Å². The van der Waals surface area contributed by atoms with Crippen molar-refractivity contribution in [3.8, 4) is 10.8 Å². The number of nitrogens with zero attached hydrogens (tertiary/aromatic N) is 2. The number of aromatic nitrogens is 1. The SMILES string of the molecule is Cc1oc(-c2cccs2)nc1C(=O)N1C[C@@H](C)OC[C@@H]1C. The summed E-state index contributed by atoms with van der Waals surface area (Å²) in [5.74, 6) is 0.997. The van der Waals surface area contributed by atoms with Gasteiger partial charge in [-0.05, 0) is 32.2 Å². The van der Waals surface area contributed by atoms with E-state index < -0.39 is 0 Å². The van der Waals surface area contributed by atoms with E-state index in [9.17, 15) is 4.79 Å². The lowest BCUT2D eigenvalue weighted by Gasteiger charge is -2.36. The number of thiophene rings is 1. The van der Waals surface area contributed by atoms with Gasteiger partial charge in [-0.3, -0.25) is 4.79 Å². The number of hydrogen-bond acceptors (Lipinski definition) is 5. The second kappa shape index (κ2) is 5.61. The molecule has 0 saturated carbocycles. The van der Waals surface area contributed by atoms with Gasteiger partial charge >= 0.3 is 0 Å². The summed E-state index contributed by atoms with van der Waals surface area (Å²) in [6.45, 7) is 6.88. The minimum atomic E-state index is -0.0818. The lowest BCUT2D eigenvalue weighted by molar-refractivity contribution is -0.0389. The van der Waals surface area contributed by atoms with E-state index in [1.165, 1.54) is 0 Å². The molecule has 6 heteroatoms. The van der Waals surface area contributed by atoms with E-state index >= 15 is 0 Å². The van der Waals surface area contributed by atoms with Crippen molar-refractivity contribution in [1.82, 2.24) is 9.88 Å². The Labute approximate surface area is 127 Å². The van der Waals surface area contributed by atoms with Crippen molar-refractivity contribution in [3.05, 3.63) is 29.0 Å². The van der Waals surface area contributed by atoms with Crippen molar-refractivity contribution in [2.24, 2.45) is 0 Å². The molecule has 3 heterocycles. The fraction of sp³-hybridized carbons (Fsp3) is 0.467. The number of amides is 1. The standard InChI is InChI=1S/C15H18N2O3S/c1-9-8-19-10(2)7-17(9)15(18)13-11(3)20-14(16-13)12-5-4-6-21-12/h4-6,9-10H,7-8H2,1-3H3/t9-,10+/m0/s1. The Bertz CT molecular complexity index is 635. The van der Waals surface area contributed by atoms with Crippen LogP contribution in [-0.4, -0.2) is 41.1 Å². The number of morpholine rings is 1. The first-order chi connectivity index (χ1) is 10.1. The molecule has 0 radical (unpaired) electrons. The molecule has 0 aromatic carbocycles. The average molecular weight is 306 g/mol. The highest BCUT2D eigenvalue weighted by Gasteiger charge is 2.31. The van der Waals surface area contributed by atoms with E-state index in [-0.39, 0.29) is 18.1 Å². The zero-order chi connectivity index (χ0) is 15.0. The van der Waals surface area contributed by atoms with Crippen LogP contribution >= 0.6 is 11.3 Å². The lowest BCUT2D eigenvalue weighted by Crippen LogP contribution is -2.50. The van der Waals surface area contributed by atoms with E-state index in [2.05, 4.69) is 4.98 Å². The van der Waals surface area contributed by atoms with Crippen LogP contribution in [0.2, 0.25) is 0 Å². The van der Waals surface area contributed by atoms with Gasteiger partial charge in [-0.25, -0.2) is 4.98 Å². The Morgan fingerprint density at radius 2 is 2.29 bits per heavy atom. The van der Waals surface area contributed by atoms with Crippen LogP contribution < -0.4 is 0 Å². The molecule has 0 aliphatic carbocycles. The van der Waals surface area contributed by atoms with Crippen LogP contribution in [0.15, 0.2) is 21.9 Å². The third kappa shape index (κ3) is 2.73. The fourth-order valence-corrected chi connectivity index (χ4v) is 3.07. The van der Waals surface area contributed by atoms with Gasteiger partial charge < -0.3 is 14.1 Å². The van der Waals surface area contributed by atoms with Gasteiger partial charge in [0.15, 0.2) is 5.69 Å². The van der Waals surface area contributed by atoms with E-state index in [0.29, 0.717) is 30.5 Å². The predicted octanol–water partition coefficient (Wildman–Crippen LogP) is 2.96. The second-order valence-electron chi connectivity index (χ2n) is 5.35. The van der Waals surface area contributed by atoms with Crippen LogP contribution in [0, 0.1) is 6.92 Å². The summed E-state index contributed by atoms with van der Waals surface area (Å²) < 4.78 is 11.2. The van der Waals surface area contributed by atoms with Gasteiger partial charge in [0.2, 0.25) is 5.89 Å². The van der Waals surface area contributed by atoms with Gasteiger partial charge in [-0.1, -0.05) is 6.07 Å². The Kier molecular flexibility index (Phi) is 3.82. The number of rotatable bonds is 2. The summed E-state index contributed by atoms with van der Waals surface area (Å²) in [5.41, 5.74) is 0.402. The molecule has 112 valence electrons. The van der Waals surface area contributed by atoms with Gasteiger partial charge in [0.1, 0.15) is 5.76 Å². The number of hydrogen-bond donors (Lipinski definition) is 0. The Balaban J connectivity index is 1.88. The maximum atomic E-state index is 12.7. The van der Waals surface area contributed by atoms with E-state index in [1.54, 1.807) is 18.3 Å². The van der Waals surface area contributed by atoms with Gasteiger partial charge in [0.25, 0.3) is 5.91 Å².